The van der Waals surface area contributed by atoms with Gasteiger partial charge in [-0.25, -0.2) is 0 Å². The average molecular weight is 275 g/mol. The fraction of sp³-hybridized carbons (Fsp3) is 0.467. The topological polar surface area (TPSA) is 74.2 Å². The molecule has 0 bridgehead atoms. The number of aromatic nitrogens is 2. The first-order chi connectivity index (χ1) is 9.41. The molecule has 108 valence electrons. The summed E-state index contributed by atoms with van der Waals surface area (Å²) in [6, 6.07) is 7.52. The van der Waals surface area contributed by atoms with E-state index < -0.39 is 0 Å². The standard InChI is InChI=1S/C15H21N3O2/c1-15(2,3)14-17-13(18-20-14)12(16)11-7-5-10(6-8-11)9-19-4/h5-8,12H,9,16H2,1-4H3. The highest BCUT2D eigenvalue weighted by atomic mass is 16.5. The molecule has 1 unspecified atom stereocenters. The third kappa shape index (κ3) is 3.23. The van der Waals surface area contributed by atoms with E-state index in [4.69, 9.17) is 15.0 Å². The summed E-state index contributed by atoms with van der Waals surface area (Å²) in [5.74, 6) is 1.10. The lowest BCUT2D eigenvalue weighted by atomic mass is 9.97. The summed E-state index contributed by atoms with van der Waals surface area (Å²) in [5, 5.41) is 3.98. The molecule has 0 saturated carbocycles. The largest absolute Gasteiger partial charge is 0.380 e. The van der Waals surface area contributed by atoms with Crippen LogP contribution in [0, 0.1) is 0 Å². The van der Waals surface area contributed by atoms with E-state index in [1.54, 1.807) is 7.11 Å². The SMILES string of the molecule is COCc1ccc(C(N)c2noc(C(C)(C)C)n2)cc1. The van der Waals surface area contributed by atoms with Crippen molar-refractivity contribution in [3.05, 3.63) is 47.1 Å². The normalized spacial score (nSPS) is 13.4. The first-order valence-electron chi connectivity index (χ1n) is 6.59. The Bertz CT molecular complexity index is 555. The minimum absolute atomic E-state index is 0.173. The monoisotopic (exact) mass is 275 g/mol. The summed E-state index contributed by atoms with van der Waals surface area (Å²) in [6.07, 6.45) is 0. The predicted molar refractivity (Wildman–Crippen MR) is 76.2 cm³/mol. The van der Waals surface area contributed by atoms with E-state index in [1.807, 2.05) is 45.0 Å². The van der Waals surface area contributed by atoms with Crippen LogP contribution in [0.4, 0.5) is 0 Å². The van der Waals surface area contributed by atoms with Gasteiger partial charge in [-0.15, -0.1) is 0 Å². The van der Waals surface area contributed by atoms with E-state index in [-0.39, 0.29) is 11.5 Å². The van der Waals surface area contributed by atoms with E-state index >= 15 is 0 Å². The average Bonchev–Trinajstić information content (AvgIpc) is 2.89. The van der Waals surface area contributed by atoms with Gasteiger partial charge in [0.25, 0.3) is 0 Å². The Morgan fingerprint density at radius 3 is 2.40 bits per heavy atom. The third-order valence-electron chi connectivity index (χ3n) is 3.01. The third-order valence-corrected chi connectivity index (χ3v) is 3.01. The zero-order chi connectivity index (χ0) is 14.8. The van der Waals surface area contributed by atoms with Crippen LogP contribution in [0.3, 0.4) is 0 Å². The Kier molecular flexibility index (Phi) is 4.20. The molecule has 0 saturated heterocycles. The van der Waals surface area contributed by atoms with E-state index in [1.165, 1.54) is 0 Å². The zero-order valence-electron chi connectivity index (χ0n) is 12.4. The Labute approximate surface area is 119 Å². The number of ether oxygens (including phenoxy) is 1. The van der Waals surface area contributed by atoms with Crippen molar-refractivity contribution in [2.75, 3.05) is 7.11 Å². The Balaban J connectivity index is 2.18. The van der Waals surface area contributed by atoms with Gasteiger partial charge in [0.05, 0.1) is 12.6 Å². The quantitative estimate of drug-likeness (QED) is 0.928. The molecule has 5 heteroatoms. The van der Waals surface area contributed by atoms with Gasteiger partial charge >= 0.3 is 0 Å². The lowest BCUT2D eigenvalue weighted by Crippen LogP contribution is -2.15. The minimum atomic E-state index is -0.383. The molecule has 5 nitrogen and oxygen atoms in total. The van der Waals surface area contributed by atoms with Crippen molar-refractivity contribution in [3.8, 4) is 0 Å². The van der Waals surface area contributed by atoms with E-state index in [0.29, 0.717) is 18.3 Å². The summed E-state index contributed by atoms with van der Waals surface area (Å²) in [7, 11) is 1.67. The number of hydrogen-bond donors (Lipinski definition) is 1. The van der Waals surface area contributed by atoms with Crippen LogP contribution < -0.4 is 5.73 Å². The van der Waals surface area contributed by atoms with Gasteiger partial charge in [-0.05, 0) is 11.1 Å². The van der Waals surface area contributed by atoms with Crippen LogP contribution in [0.1, 0.15) is 49.7 Å². The molecule has 1 heterocycles. The molecular weight excluding hydrogens is 254 g/mol. The van der Waals surface area contributed by atoms with Crippen LogP contribution in [0.5, 0.6) is 0 Å². The van der Waals surface area contributed by atoms with Gasteiger partial charge in [0, 0.05) is 12.5 Å². The molecule has 2 N–H and O–H groups in total. The summed E-state index contributed by atoms with van der Waals surface area (Å²) in [5.41, 5.74) is 8.06. The molecule has 1 aromatic heterocycles. The second kappa shape index (κ2) is 5.73. The molecule has 1 aromatic carbocycles. The molecule has 0 aliphatic rings. The first-order valence-corrected chi connectivity index (χ1v) is 6.59. The lowest BCUT2D eigenvalue weighted by molar-refractivity contribution is 0.185. The van der Waals surface area contributed by atoms with Crippen molar-refractivity contribution in [2.45, 2.75) is 38.8 Å². The van der Waals surface area contributed by atoms with Crippen LogP contribution in [-0.4, -0.2) is 17.3 Å². The van der Waals surface area contributed by atoms with Gasteiger partial charge < -0.3 is 15.0 Å². The molecule has 2 aromatic rings. The Morgan fingerprint density at radius 1 is 1.25 bits per heavy atom. The molecule has 1 atom stereocenters. The zero-order valence-corrected chi connectivity index (χ0v) is 12.4. The molecule has 0 aliphatic carbocycles. The summed E-state index contributed by atoms with van der Waals surface area (Å²) in [4.78, 5) is 4.39. The van der Waals surface area contributed by atoms with Crippen molar-refractivity contribution in [1.29, 1.82) is 0 Å². The van der Waals surface area contributed by atoms with Crippen LogP contribution in [0.15, 0.2) is 28.8 Å². The molecule has 0 radical (unpaired) electrons. The van der Waals surface area contributed by atoms with E-state index in [9.17, 15) is 0 Å². The highest BCUT2D eigenvalue weighted by Crippen LogP contribution is 2.23. The van der Waals surface area contributed by atoms with Gasteiger partial charge in [0.1, 0.15) is 0 Å². The maximum atomic E-state index is 6.18. The fourth-order valence-corrected chi connectivity index (χ4v) is 1.80. The van der Waals surface area contributed by atoms with Gasteiger partial charge in [0.15, 0.2) is 5.82 Å². The molecular formula is C15H21N3O2. The maximum Gasteiger partial charge on any atom is 0.232 e. The highest BCUT2D eigenvalue weighted by molar-refractivity contribution is 5.28. The first kappa shape index (κ1) is 14.7. The second-order valence-corrected chi connectivity index (χ2v) is 5.86. The smallest absolute Gasteiger partial charge is 0.232 e. The van der Waals surface area contributed by atoms with Gasteiger partial charge in [-0.3, -0.25) is 0 Å². The van der Waals surface area contributed by atoms with Crippen LogP contribution in [0.25, 0.3) is 0 Å². The van der Waals surface area contributed by atoms with Crippen molar-refractivity contribution >= 4 is 0 Å². The van der Waals surface area contributed by atoms with Gasteiger partial charge in [-0.1, -0.05) is 50.2 Å². The number of nitrogens with zero attached hydrogens (tertiary/aromatic N) is 2. The lowest BCUT2D eigenvalue weighted by Gasteiger charge is -2.11. The second-order valence-electron chi connectivity index (χ2n) is 5.86. The van der Waals surface area contributed by atoms with Crippen LogP contribution in [-0.2, 0) is 16.8 Å². The maximum absolute atomic E-state index is 6.18. The summed E-state index contributed by atoms with van der Waals surface area (Å²) >= 11 is 0. The van der Waals surface area contributed by atoms with Crippen molar-refractivity contribution in [3.63, 3.8) is 0 Å². The van der Waals surface area contributed by atoms with Crippen LogP contribution in [0.2, 0.25) is 0 Å². The van der Waals surface area contributed by atoms with E-state index in [0.717, 1.165) is 11.1 Å². The number of rotatable bonds is 4. The number of methoxy groups -OCH3 is 1. The molecule has 20 heavy (non-hydrogen) atoms. The Hall–Kier alpha value is -1.72. The van der Waals surface area contributed by atoms with E-state index in [2.05, 4.69) is 10.1 Å². The van der Waals surface area contributed by atoms with Gasteiger partial charge in [0.2, 0.25) is 5.89 Å². The fourth-order valence-electron chi connectivity index (χ4n) is 1.80. The molecule has 0 spiro atoms. The summed E-state index contributed by atoms with van der Waals surface area (Å²) < 4.78 is 10.4. The molecule has 0 fully saturated rings. The van der Waals surface area contributed by atoms with Crippen molar-refractivity contribution < 1.29 is 9.26 Å². The minimum Gasteiger partial charge on any atom is -0.380 e. The van der Waals surface area contributed by atoms with Crippen LogP contribution >= 0.6 is 0 Å². The number of benzene rings is 1. The van der Waals surface area contributed by atoms with Gasteiger partial charge in [-0.2, -0.15) is 4.98 Å². The Morgan fingerprint density at radius 2 is 1.90 bits per heavy atom. The van der Waals surface area contributed by atoms with Crippen molar-refractivity contribution in [1.82, 2.24) is 10.1 Å². The predicted octanol–water partition coefficient (Wildman–Crippen LogP) is 2.56. The molecule has 2 rings (SSSR count). The van der Waals surface area contributed by atoms with Crippen molar-refractivity contribution in [2.24, 2.45) is 5.73 Å². The summed E-state index contributed by atoms with van der Waals surface area (Å²) in [6.45, 7) is 6.66. The molecule has 0 aliphatic heterocycles. The highest BCUT2D eigenvalue weighted by Gasteiger charge is 2.24. The number of hydrogen-bond acceptors (Lipinski definition) is 5. The molecule has 0 amide bonds. The number of nitrogens with two attached hydrogens (primary N) is 1.